The Balaban J connectivity index is 1.45. The molecule has 0 unspecified atom stereocenters. The van der Waals surface area contributed by atoms with Crippen LogP contribution in [0.1, 0.15) is 24.0 Å². The number of alkyl halides is 3. The van der Waals surface area contributed by atoms with Gasteiger partial charge in [-0.05, 0) is 37.5 Å². The average Bonchev–Trinajstić information content (AvgIpc) is 2.73. The summed E-state index contributed by atoms with van der Waals surface area (Å²) in [6.45, 7) is 2.50. The second-order valence-electron chi connectivity index (χ2n) is 7.19. The molecule has 0 spiro atoms. The fourth-order valence-corrected chi connectivity index (χ4v) is 3.30. The normalized spacial score (nSPS) is 15.0. The van der Waals surface area contributed by atoms with E-state index in [-0.39, 0.29) is 12.5 Å². The maximum absolute atomic E-state index is 12.7. The minimum Gasteiger partial charge on any atom is -0.455 e. The number of hydrogen-bond donors (Lipinski definition) is 1. The van der Waals surface area contributed by atoms with Crippen LogP contribution in [0.5, 0.6) is 0 Å². The summed E-state index contributed by atoms with van der Waals surface area (Å²) in [7, 11) is 0. The SMILES string of the molecule is Cc1ccccc1NC(=O)COC(=O)C1CCN(c2ccc(C(F)(F)F)c[nH+]2)CC1. The van der Waals surface area contributed by atoms with Crippen molar-refractivity contribution in [2.45, 2.75) is 25.9 Å². The third-order valence-corrected chi connectivity index (χ3v) is 5.06. The van der Waals surface area contributed by atoms with Gasteiger partial charge in [0, 0.05) is 11.8 Å². The first-order valence-corrected chi connectivity index (χ1v) is 9.60. The summed E-state index contributed by atoms with van der Waals surface area (Å²) in [5.41, 5.74) is 0.831. The van der Waals surface area contributed by atoms with Gasteiger partial charge in [0.25, 0.3) is 11.7 Å². The zero-order valence-corrected chi connectivity index (χ0v) is 16.5. The number of nitrogens with zero attached hydrogens (tertiary/aromatic N) is 1. The van der Waals surface area contributed by atoms with Gasteiger partial charge in [-0.3, -0.25) is 14.5 Å². The average molecular weight is 422 g/mol. The van der Waals surface area contributed by atoms with E-state index in [2.05, 4.69) is 10.3 Å². The van der Waals surface area contributed by atoms with Crippen molar-refractivity contribution >= 4 is 23.4 Å². The molecular formula is C21H23F3N3O3+. The Labute approximate surface area is 172 Å². The minimum absolute atomic E-state index is 0.345. The van der Waals surface area contributed by atoms with Crippen LogP contribution in [0.2, 0.25) is 0 Å². The molecule has 30 heavy (non-hydrogen) atoms. The van der Waals surface area contributed by atoms with E-state index >= 15 is 0 Å². The van der Waals surface area contributed by atoms with Crippen LogP contribution >= 0.6 is 0 Å². The molecule has 1 aliphatic heterocycles. The number of halogens is 3. The number of H-pyrrole nitrogens is 1. The summed E-state index contributed by atoms with van der Waals surface area (Å²) in [4.78, 5) is 28.8. The Kier molecular flexibility index (Phi) is 6.59. The third-order valence-electron chi connectivity index (χ3n) is 5.06. The van der Waals surface area contributed by atoms with Gasteiger partial charge in [-0.2, -0.15) is 13.2 Å². The number of aromatic amines is 1. The topological polar surface area (TPSA) is 72.8 Å². The van der Waals surface area contributed by atoms with E-state index in [9.17, 15) is 22.8 Å². The number of aromatic nitrogens is 1. The van der Waals surface area contributed by atoms with Gasteiger partial charge >= 0.3 is 12.1 Å². The summed E-state index contributed by atoms with van der Waals surface area (Å²) < 4.78 is 43.1. The number of carbonyl (C=O) groups is 2. The summed E-state index contributed by atoms with van der Waals surface area (Å²) in [6.07, 6.45) is -2.47. The molecule has 0 bridgehead atoms. The van der Waals surface area contributed by atoms with Crippen LogP contribution in [-0.4, -0.2) is 31.6 Å². The molecule has 2 aromatic rings. The molecule has 1 aliphatic rings. The molecule has 1 amide bonds. The number of anilines is 2. The number of benzene rings is 1. The van der Waals surface area contributed by atoms with Crippen molar-refractivity contribution in [3.05, 3.63) is 53.7 Å². The molecule has 0 aliphatic carbocycles. The summed E-state index contributed by atoms with van der Waals surface area (Å²) in [5, 5.41) is 2.70. The Morgan fingerprint density at radius 2 is 1.87 bits per heavy atom. The van der Waals surface area contributed by atoms with Gasteiger partial charge in [-0.25, -0.2) is 4.98 Å². The lowest BCUT2D eigenvalue weighted by molar-refractivity contribution is -0.367. The van der Waals surface area contributed by atoms with Crippen LogP contribution in [0, 0.1) is 12.8 Å². The number of rotatable bonds is 5. The monoisotopic (exact) mass is 422 g/mol. The smallest absolute Gasteiger partial charge is 0.419 e. The highest BCUT2D eigenvalue weighted by Crippen LogP contribution is 2.29. The Hall–Kier alpha value is -3.10. The van der Waals surface area contributed by atoms with Crippen LogP contribution in [0.3, 0.4) is 0 Å². The van der Waals surface area contributed by atoms with Gasteiger partial charge in [-0.15, -0.1) is 0 Å². The predicted molar refractivity (Wildman–Crippen MR) is 104 cm³/mol. The van der Waals surface area contributed by atoms with Crippen molar-refractivity contribution < 1.29 is 32.5 Å². The van der Waals surface area contributed by atoms with E-state index in [1.165, 1.54) is 6.07 Å². The minimum atomic E-state index is -4.39. The van der Waals surface area contributed by atoms with Crippen LogP contribution < -0.4 is 15.2 Å². The van der Waals surface area contributed by atoms with E-state index in [0.717, 1.165) is 17.8 Å². The van der Waals surface area contributed by atoms with Gasteiger partial charge in [0.1, 0.15) is 6.20 Å². The second-order valence-corrected chi connectivity index (χ2v) is 7.19. The molecule has 9 heteroatoms. The fourth-order valence-electron chi connectivity index (χ4n) is 3.30. The number of aryl methyl sites for hydroxylation is 1. The van der Waals surface area contributed by atoms with E-state index in [1.54, 1.807) is 12.1 Å². The molecule has 1 fully saturated rings. The van der Waals surface area contributed by atoms with Crippen LogP contribution in [0.4, 0.5) is 24.7 Å². The molecule has 1 saturated heterocycles. The van der Waals surface area contributed by atoms with Crippen molar-refractivity contribution in [1.29, 1.82) is 0 Å². The van der Waals surface area contributed by atoms with Crippen molar-refractivity contribution in [3.8, 4) is 0 Å². The summed E-state index contributed by atoms with van der Waals surface area (Å²) >= 11 is 0. The van der Waals surface area contributed by atoms with E-state index in [1.807, 2.05) is 24.0 Å². The molecule has 3 rings (SSSR count). The molecular weight excluding hydrogens is 399 g/mol. The van der Waals surface area contributed by atoms with E-state index < -0.39 is 23.6 Å². The first kappa shape index (κ1) is 21.6. The number of para-hydroxylation sites is 1. The number of hydrogen-bond acceptors (Lipinski definition) is 4. The lowest BCUT2D eigenvalue weighted by Gasteiger charge is -2.26. The molecule has 6 nitrogen and oxygen atoms in total. The zero-order chi connectivity index (χ0) is 21.7. The lowest BCUT2D eigenvalue weighted by atomic mass is 9.97. The summed E-state index contributed by atoms with van der Waals surface area (Å²) in [6, 6.07) is 9.71. The number of amides is 1. The molecule has 160 valence electrons. The number of esters is 1. The maximum atomic E-state index is 12.7. The van der Waals surface area contributed by atoms with Crippen molar-refractivity contribution in [2.24, 2.45) is 5.92 Å². The Bertz CT molecular complexity index is 892. The molecule has 1 aromatic heterocycles. The van der Waals surface area contributed by atoms with Crippen LogP contribution in [0.25, 0.3) is 0 Å². The lowest BCUT2D eigenvalue weighted by Crippen LogP contribution is -2.40. The number of nitrogens with one attached hydrogen (secondary N) is 2. The molecule has 2 N–H and O–H groups in total. The van der Waals surface area contributed by atoms with Gasteiger partial charge in [0.05, 0.1) is 24.6 Å². The number of piperidine rings is 1. The Morgan fingerprint density at radius 1 is 1.17 bits per heavy atom. The van der Waals surface area contributed by atoms with Crippen molar-refractivity contribution in [3.63, 3.8) is 0 Å². The quantitative estimate of drug-likeness (QED) is 0.751. The van der Waals surface area contributed by atoms with Gasteiger partial charge in [-0.1, -0.05) is 18.2 Å². The van der Waals surface area contributed by atoms with Crippen LogP contribution in [0.15, 0.2) is 42.6 Å². The van der Waals surface area contributed by atoms with Gasteiger partial charge in [0.2, 0.25) is 0 Å². The molecule has 0 saturated carbocycles. The number of ether oxygens (including phenoxy) is 1. The fraction of sp³-hybridized carbons (Fsp3) is 0.381. The van der Waals surface area contributed by atoms with Gasteiger partial charge < -0.3 is 10.1 Å². The van der Waals surface area contributed by atoms with Crippen LogP contribution in [-0.2, 0) is 20.5 Å². The highest BCUT2D eigenvalue weighted by Gasteiger charge is 2.34. The maximum Gasteiger partial charge on any atom is 0.419 e. The molecule has 0 atom stereocenters. The second kappa shape index (κ2) is 9.15. The third kappa shape index (κ3) is 5.49. The molecule has 2 heterocycles. The van der Waals surface area contributed by atoms with Gasteiger partial charge in [0.15, 0.2) is 6.61 Å². The largest absolute Gasteiger partial charge is 0.455 e. The first-order chi connectivity index (χ1) is 14.2. The van der Waals surface area contributed by atoms with Crippen molar-refractivity contribution in [2.75, 3.05) is 29.9 Å². The van der Waals surface area contributed by atoms with Crippen molar-refractivity contribution in [1.82, 2.24) is 0 Å². The number of pyridine rings is 1. The highest BCUT2D eigenvalue weighted by atomic mass is 19.4. The molecule has 0 radical (unpaired) electrons. The van der Waals surface area contributed by atoms with E-state index in [4.69, 9.17) is 4.74 Å². The first-order valence-electron chi connectivity index (χ1n) is 9.60. The standard InChI is InChI=1S/C21H22F3N3O3/c1-14-4-2-3-5-17(14)26-19(28)13-30-20(29)15-8-10-27(11-9-15)18-7-6-16(12-25-18)21(22,23)24/h2-7,12,15H,8-11,13H2,1H3,(H,26,28)/p+1. The van der Waals surface area contributed by atoms with E-state index in [0.29, 0.717) is 37.4 Å². The molecule has 1 aromatic carbocycles. The zero-order valence-electron chi connectivity index (χ0n) is 16.5. The summed E-state index contributed by atoms with van der Waals surface area (Å²) in [5.74, 6) is -0.630. The predicted octanol–water partition coefficient (Wildman–Crippen LogP) is 3.23. The highest BCUT2D eigenvalue weighted by molar-refractivity contribution is 5.93. The Morgan fingerprint density at radius 3 is 2.47 bits per heavy atom. The number of carbonyl (C=O) groups excluding carboxylic acids is 2.